The number of hydrogen-bond acceptors (Lipinski definition) is 4. The van der Waals surface area contributed by atoms with Crippen LogP contribution in [0.25, 0.3) is 0 Å². The van der Waals surface area contributed by atoms with Gasteiger partial charge >= 0.3 is 5.97 Å². The van der Waals surface area contributed by atoms with Gasteiger partial charge in [-0.2, -0.15) is 11.8 Å². The zero-order valence-corrected chi connectivity index (χ0v) is 11.1. The van der Waals surface area contributed by atoms with Gasteiger partial charge in [0.05, 0.1) is 7.11 Å². The number of halogens is 1. The maximum Gasteiger partial charge on any atom is 0.332 e. The maximum atomic E-state index is 11.9. The van der Waals surface area contributed by atoms with Crippen LogP contribution in [0.15, 0.2) is 24.3 Å². The Morgan fingerprint density at radius 1 is 1.47 bits per heavy atom. The lowest BCUT2D eigenvalue weighted by molar-refractivity contribution is -0.145. The minimum absolute atomic E-state index is 0.197. The van der Waals surface area contributed by atoms with E-state index in [1.54, 1.807) is 23.9 Å². The molecule has 0 amide bonds. The lowest BCUT2D eigenvalue weighted by Gasteiger charge is -2.27. The average Bonchev–Trinajstić information content (AvgIpc) is 2.81. The molecule has 2 rings (SSSR count). The predicted octanol–water partition coefficient (Wildman–Crippen LogP) is 2.80. The highest BCUT2D eigenvalue weighted by Crippen LogP contribution is 2.32. The Kier molecular flexibility index (Phi) is 3.84. The molecule has 1 aliphatic heterocycles. The van der Waals surface area contributed by atoms with Crippen molar-refractivity contribution in [3.05, 3.63) is 29.3 Å². The van der Waals surface area contributed by atoms with E-state index in [4.69, 9.17) is 16.3 Å². The number of carbonyl (C=O) groups excluding carboxylic acids is 1. The number of methoxy groups -OCH3 is 1. The fraction of sp³-hybridized carbons (Fsp3) is 0.417. The molecule has 1 aliphatic rings. The number of rotatable bonds is 3. The standard InChI is InChI=1S/C12H14ClNO2S/c1-16-11(15)12(6-7-17-8-12)14-10-4-2-9(13)3-5-10/h2-5,14H,6-8H2,1H3. The topological polar surface area (TPSA) is 38.3 Å². The summed E-state index contributed by atoms with van der Waals surface area (Å²) < 4.78 is 4.89. The number of anilines is 1. The van der Waals surface area contributed by atoms with Crippen molar-refractivity contribution < 1.29 is 9.53 Å². The fourth-order valence-electron chi connectivity index (χ4n) is 1.88. The number of ether oxygens (including phenoxy) is 1. The number of nitrogens with one attached hydrogen (secondary N) is 1. The molecule has 1 heterocycles. The van der Waals surface area contributed by atoms with Crippen LogP contribution < -0.4 is 5.32 Å². The van der Waals surface area contributed by atoms with Crippen LogP contribution in [-0.2, 0) is 9.53 Å². The molecule has 5 heteroatoms. The molecule has 0 saturated carbocycles. The Morgan fingerprint density at radius 2 is 2.18 bits per heavy atom. The molecular formula is C12H14ClNO2S. The second kappa shape index (κ2) is 5.19. The molecule has 1 aromatic carbocycles. The van der Waals surface area contributed by atoms with Crippen molar-refractivity contribution >= 4 is 35.0 Å². The zero-order chi connectivity index (χ0) is 12.3. The van der Waals surface area contributed by atoms with Gasteiger partial charge in [0, 0.05) is 16.5 Å². The summed E-state index contributed by atoms with van der Waals surface area (Å²) in [5.41, 5.74) is 0.301. The molecule has 1 fully saturated rings. The molecule has 17 heavy (non-hydrogen) atoms. The van der Waals surface area contributed by atoms with Crippen LogP contribution in [0.3, 0.4) is 0 Å². The van der Waals surface area contributed by atoms with Gasteiger partial charge in [-0.1, -0.05) is 11.6 Å². The van der Waals surface area contributed by atoms with Gasteiger partial charge in [-0.3, -0.25) is 0 Å². The normalized spacial score (nSPS) is 23.4. The van der Waals surface area contributed by atoms with E-state index in [0.717, 1.165) is 23.6 Å². The Morgan fingerprint density at radius 3 is 2.71 bits per heavy atom. The summed E-state index contributed by atoms with van der Waals surface area (Å²) in [6.07, 6.45) is 0.785. The van der Waals surface area contributed by atoms with E-state index in [1.165, 1.54) is 7.11 Å². The molecule has 1 N–H and O–H groups in total. The minimum atomic E-state index is -0.590. The van der Waals surface area contributed by atoms with E-state index in [0.29, 0.717) is 5.02 Å². The summed E-state index contributed by atoms with van der Waals surface area (Å²) in [5, 5.41) is 3.96. The maximum absolute atomic E-state index is 11.9. The first-order valence-electron chi connectivity index (χ1n) is 5.36. The van der Waals surface area contributed by atoms with Gasteiger partial charge in [0.1, 0.15) is 5.54 Å². The summed E-state index contributed by atoms with van der Waals surface area (Å²) >= 11 is 7.59. The van der Waals surface area contributed by atoms with Crippen LogP contribution in [0.2, 0.25) is 5.02 Å². The molecule has 1 atom stereocenters. The second-order valence-electron chi connectivity index (χ2n) is 4.01. The van der Waals surface area contributed by atoms with Crippen LogP contribution in [-0.4, -0.2) is 30.1 Å². The molecule has 0 aromatic heterocycles. The third-order valence-corrected chi connectivity index (χ3v) is 4.27. The van der Waals surface area contributed by atoms with Gasteiger partial charge < -0.3 is 10.1 Å². The molecule has 0 bridgehead atoms. The van der Waals surface area contributed by atoms with Crippen molar-refractivity contribution in [1.29, 1.82) is 0 Å². The Hall–Kier alpha value is -0.870. The van der Waals surface area contributed by atoms with Crippen LogP contribution in [0, 0.1) is 0 Å². The monoisotopic (exact) mass is 271 g/mol. The van der Waals surface area contributed by atoms with E-state index in [1.807, 2.05) is 12.1 Å². The van der Waals surface area contributed by atoms with E-state index < -0.39 is 5.54 Å². The van der Waals surface area contributed by atoms with Gasteiger partial charge in [-0.25, -0.2) is 4.79 Å². The molecule has 1 aromatic rings. The predicted molar refractivity (Wildman–Crippen MR) is 71.8 cm³/mol. The van der Waals surface area contributed by atoms with Gasteiger partial charge in [0.25, 0.3) is 0 Å². The molecule has 0 aliphatic carbocycles. The Bertz CT molecular complexity index is 401. The smallest absolute Gasteiger partial charge is 0.332 e. The molecule has 0 spiro atoms. The first-order chi connectivity index (χ1) is 8.16. The van der Waals surface area contributed by atoms with Crippen LogP contribution in [0.5, 0.6) is 0 Å². The number of hydrogen-bond donors (Lipinski definition) is 1. The third kappa shape index (κ3) is 2.69. The number of carbonyl (C=O) groups is 1. The second-order valence-corrected chi connectivity index (χ2v) is 5.55. The van der Waals surface area contributed by atoms with Gasteiger partial charge in [-0.05, 0) is 36.4 Å². The summed E-state index contributed by atoms with van der Waals surface area (Å²) in [4.78, 5) is 11.9. The van der Waals surface area contributed by atoms with Crippen LogP contribution in [0.1, 0.15) is 6.42 Å². The largest absolute Gasteiger partial charge is 0.467 e. The molecule has 92 valence electrons. The van der Waals surface area contributed by atoms with Crippen molar-refractivity contribution in [1.82, 2.24) is 0 Å². The minimum Gasteiger partial charge on any atom is -0.467 e. The lowest BCUT2D eigenvalue weighted by Crippen LogP contribution is -2.47. The summed E-state index contributed by atoms with van der Waals surface area (Å²) in [6.45, 7) is 0. The highest BCUT2D eigenvalue weighted by Gasteiger charge is 2.42. The molecule has 1 saturated heterocycles. The summed E-state index contributed by atoms with van der Waals surface area (Å²) in [7, 11) is 1.43. The Labute approximate surface area is 110 Å². The van der Waals surface area contributed by atoms with E-state index in [9.17, 15) is 4.79 Å². The van der Waals surface area contributed by atoms with Crippen LogP contribution in [0.4, 0.5) is 5.69 Å². The first kappa shape index (κ1) is 12.6. The molecular weight excluding hydrogens is 258 g/mol. The van der Waals surface area contributed by atoms with E-state index >= 15 is 0 Å². The van der Waals surface area contributed by atoms with Gasteiger partial charge in [0.2, 0.25) is 0 Å². The molecule has 3 nitrogen and oxygen atoms in total. The molecule has 1 unspecified atom stereocenters. The number of esters is 1. The van der Waals surface area contributed by atoms with Crippen molar-refractivity contribution in [3.63, 3.8) is 0 Å². The van der Waals surface area contributed by atoms with Crippen molar-refractivity contribution in [2.75, 3.05) is 23.9 Å². The van der Waals surface area contributed by atoms with Crippen LogP contribution >= 0.6 is 23.4 Å². The highest BCUT2D eigenvalue weighted by molar-refractivity contribution is 7.99. The number of thioether (sulfide) groups is 1. The number of benzene rings is 1. The van der Waals surface area contributed by atoms with E-state index in [2.05, 4.69) is 5.32 Å². The fourth-order valence-corrected chi connectivity index (χ4v) is 3.33. The molecule has 0 radical (unpaired) electrons. The van der Waals surface area contributed by atoms with E-state index in [-0.39, 0.29) is 5.97 Å². The Balaban J connectivity index is 2.18. The van der Waals surface area contributed by atoms with Gasteiger partial charge in [-0.15, -0.1) is 0 Å². The highest BCUT2D eigenvalue weighted by atomic mass is 35.5. The third-order valence-electron chi connectivity index (χ3n) is 2.83. The lowest BCUT2D eigenvalue weighted by atomic mass is 9.98. The van der Waals surface area contributed by atoms with Crippen molar-refractivity contribution in [2.45, 2.75) is 12.0 Å². The van der Waals surface area contributed by atoms with Crippen molar-refractivity contribution in [3.8, 4) is 0 Å². The summed E-state index contributed by atoms with van der Waals surface area (Å²) in [5.74, 6) is 1.51. The van der Waals surface area contributed by atoms with Crippen molar-refractivity contribution in [2.24, 2.45) is 0 Å². The zero-order valence-electron chi connectivity index (χ0n) is 9.53. The quantitative estimate of drug-likeness (QED) is 0.858. The van der Waals surface area contributed by atoms with Gasteiger partial charge in [0.15, 0.2) is 0 Å². The average molecular weight is 272 g/mol. The summed E-state index contributed by atoms with van der Waals surface area (Å²) in [6, 6.07) is 7.35. The first-order valence-corrected chi connectivity index (χ1v) is 6.89. The SMILES string of the molecule is COC(=O)C1(Nc2ccc(Cl)cc2)CCSC1.